The van der Waals surface area contributed by atoms with Gasteiger partial charge in [0.15, 0.2) is 0 Å². The number of rotatable bonds is 5. The fraction of sp³-hybridized carbons (Fsp3) is 0.267. The lowest BCUT2D eigenvalue weighted by Crippen LogP contribution is -2.18. The van der Waals surface area contributed by atoms with Crippen LogP contribution in [0, 0.1) is 0 Å². The van der Waals surface area contributed by atoms with Crippen molar-refractivity contribution in [2.45, 2.75) is 19.4 Å². The molecule has 0 amide bonds. The molecule has 3 nitrogen and oxygen atoms in total. The van der Waals surface area contributed by atoms with E-state index in [2.05, 4.69) is 40.2 Å². The molecule has 0 bridgehead atoms. The predicted octanol–water partition coefficient (Wildman–Crippen LogP) is 2.73. The average molecular weight is 322 g/mol. The minimum absolute atomic E-state index is 0.0142. The summed E-state index contributed by atoms with van der Waals surface area (Å²) in [5, 5.41) is 10.2. The number of hydrogen-bond donors (Lipinski definition) is 1. The molecule has 0 atom stereocenters. The maximum absolute atomic E-state index is 11.6. The van der Waals surface area contributed by atoms with Crippen molar-refractivity contribution in [2.24, 2.45) is 0 Å². The number of hydrogen-bond acceptors (Lipinski definition) is 2. The van der Waals surface area contributed by atoms with Crippen molar-refractivity contribution in [2.75, 3.05) is 5.33 Å². The molecule has 1 N–H and O–H groups in total. The first-order chi connectivity index (χ1) is 9.19. The molecule has 0 fully saturated rings. The van der Waals surface area contributed by atoms with E-state index in [9.17, 15) is 9.90 Å². The number of benzene rings is 1. The number of aromatic hydroxyl groups is 1. The Kier molecular flexibility index (Phi) is 4.80. The molecular weight excluding hydrogens is 306 g/mol. The van der Waals surface area contributed by atoms with Crippen LogP contribution in [-0.4, -0.2) is 15.0 Å². The van der Waals surface area contributed by atoms with Gasteiger partial charge < -0.3 is 9.67 Å². The van der Waals surface area contributed by atoms with E-state index in [0.29, 0.717) is 6.54 Å². The monoisotopic (exact) mass is 321 g/mol. The third-order valence-corrected chi connectivity index (χ3v) is 3.42. The van der Waals surface area contributed by atoms with Crippen LogP contribution in [0.2, 0.25) is 0 Å². The van der Waals surface area contributed by atoms with Crippen molar-refractivity contribution in [1.29, 1.82) is 0 Å². The molecule has 100 valence electrons. The molecule has 1 heterocycles. The Morgan fingerprint density at radius 1 is 1.05 bits per heavy atom. The zero-order chi connectivity index (χ0) is 13.7. The Balaban J connectivity index is 2.00. The van der Waals surface area contributed by atoms with Gasteiger partial charge in [-0.25, -0.2) is 0 Å². The van der Waals surface area contributed by atoms with E-state index in [4.69, 9.17) is 0 Å². The van der Waals surface area contributed by atoms with Crippen LogP contribution in [0.5, 0.6) is 5.75 Å². The molecule has 1 aromatic carbocycles. The first kappa shape index (κ1) is 13.9. The summed E-state index contributed by atoms with van der Waals surface area (Å²) in [4.78, 5) is 11.6. The molecule has 0 aliphatic rings. The predicted molar refractivity (Wildman–Crippen MR) is 80.0 cm³/mol. The van der Waals surface area contributed by atoms with Crippen LogP contribution >= 0.6 is 15.9 Å². The molecule has 0 radical (unpaired) electrons. The number of alkyl halides is 1. The lowest BCUT2D eigenvalue weighted by Gasteiger charge is -2.06. The van der Waals surface area contributed by atoms with Gasteiger partial charge in [0.25, 0.3) is 5.56 Å². The van der Waals surface area contributed by atoms with Crippen LogP contribution in [0.1, 0.15) is 11.1 Å². The summed E-state index contributed by atoms with van der Waals surface area (Å²) in [7, 11) is 0. The molecule has 0 unspecified atom stereocenters. The highest BCUT2D eigenvalue weighted by molar-refractivity contribution is 9.09. The van der Waals surface area contributed by atoms with Gasteiger partial charge >= 0.3 is 0 Å². The molecule has 2 aromatic rings. The van der Waals surface area contributed by atoms with Gasteiger partial charge in [-0.1, -0.05) is 40.2 Å². The topological polar surface area (TPSA) is 42.2 Å². The second kappa shape index (κ2) is 6.57. The van der Waals surface area contributed by atoms with Crippen LogP contribution in [0.15, 0.2) is 47.4 Å². The SMILES string of the molecule is O=c1cc(O)ccn1CCc1ccc(CCBr)cc1. The Morgan fingerprint density at radius 3 is 2.26 bits per heavy atom. The summed E-state index contributed by atoms with van der Waals surface area (Å²) in [5.74, 6) is 0.0142. The number of pyridine rings is 1. The van der Waals surface area contributed by atoms with E-state index in [1.54, 1.807) is 10.8 Å². The van der Waals surface area contributed by atoms with E-state index in [1.165, 1.54) is 23.3 Å². The van der Waals surface area contributed by atoms with Gasteiger partial charge in [-0.15, -0.1) is 0 Å². The van der Waals surface area contributed by atoms with Gasteiger partial charge in [-0.05, 0) is 30.0 Å². The van der Waals surface area contributed by atoms with Crippen LogP contribution in [0.4, 0.5) is 0 Å². The van der Waals surface area contributed by atoms with Crippen LogP contribution < -0.4 is 5.56 Å². The fourth-order valence-electron chi connectivity index (χ4n) is 1.91. The normalized spacial score (nSPS) is 10.6. The zero-order valence-corrected chi connectivity index (χ0v) is 12.1. The number of halogens is 1. The first-order valence-corrected chi connectivity index (χ1v) is 7.34. The van der Waals surface area contributed by atoms with Crippen LogP contribution in [0.25, 0.3) is 0 Å². The number of aryl methyl sites for hydroxylation is 3. The van der Waals surface area contributed by atoms with Crippen molar-refractivity contribution in [3.05, 3.63) is 64.1 Å². The van der Waals surface area contributed by atoms with Gasteiger partial charge in [0.1, 0.15) is 5.75 Å². The molecule has 0 aliphatic carbocycles. The summed E-state index contributed by atoms with van der Waals surface area (Å²) in [6.45, 7) is 0.622. The van der Waals surface area contributed by atoms with Gasteiger partial charge in [-0.2, -0.15) is 0 Å². The van der Waals surface area contributed by atoms with Crippen molar-refractivity contribution < 1.29 is 5.11 Å². The molecule has 4 heteroatoms. The van der Waals surface area contributed by atoms with Gasteiger partial charge in [0, 0.05) is 24.1 Å². The third kappa shape index (κ3) is 3.96. The highest BCUT2D eigenvalue weighted by atomic mass is 79.9. The van der Waals surface area contributed by atoms with Crippen molar-refractivity contribution >= 4 is 15.9 Å². The standard InChI is InChI=1S/C15H16BrNO2/c16-8-5-12-1-3-13(4-2-12)6-9-17-10-7-14(18)11-15(17)19/h1-4,7,10-11,18H,5-6,8-9H2. The van der Waals surface area contributed by atoms with E-state index >= 15 is 0 Å². The molecule has 0 spiro atoms. The summed E-state index contributed by atoms with van der Waals surface area (Å²) >= 11 is 3.42. The second-order valence-corrected chi connectivity index (χ2v) is 5.22. The Labute approximate surface area is 120 Å². The lowest BCUT2D eigenvalue weighted by molar-refractivity contribution is 0.470. The first-order valence-electron chi connectivity index (χ1n) is 6.22. The molecule has 0 aliphatic heterocycles. The third-order valence-electron chi connectivity index (χ3n) is 3.03. The maximum atomic E-state index is 11.6. The largest absolute Gasteiger partial charge is 0.508 e. The summed E-state index contributed by atoms with van der Waals surface area (Å²) in [6.07, 6.45) is 3.45. The van der Waals surface area contributed by atoms with E-state index in [1.807, 2.05) is 0 Å². The maximum Gasteiger partial charge on any atom is 0.254 e. The van der Waals surface area contributed by atoms with Crippen LogP contribution in [-0.2, 0) is 19.4 Å². The molecule has 1 aromatic heterocycles. The molecular formula is C15H16BrNO2. The number of aromatic nitrogens is 1. The fourth-order valence-corrected chi connectivity index (χ4v) is 2.37. The highest BCUT2D eigenvalue weighted by Crippen LogP contribution is 2.08. The van der Waals surface area contributed by atoms with E-state index in [-0.39, 0.29) is 11.3 Å². The Morgan fingerprint density at radius 2 is 1.68 bits per heavy atom. The average Bonchev–Trinajstić information content (AvgIpc) is 2.40. The molecule has 0 saturated carbocycles. The van der Waals surface area contributed by atoms with Crippen LogP contribution in [0.3, 0.4) is 0 Å². The van der Waals surface area contributed by atoms with Crippen molar-refractivity contribution in [3.8, 4) is 5.75 Å². The summed E-state index contributed by atoms with van der Waals surface area (Å²) in [6, 6.07) is 11.2. The van der Waals surface area contributed by atoms with E-state index < -0.39 is 0 Å². The van der Waals surface area contributed by atoms with Gasteiger partial charge in [0.2, 0.25) is 0 Å². The quantitative estimate of drug-likeness (QED) is 0.860. The van der Waals surface area contributed by atoms with Gasteiger partial charge in [-0.3, -0.25) is 4.79 Å². The Bertz CT molecular complexity index is 590. The summed E-state index contributed by atoms with van der Waals surface area (Å²) in [5.41, 5.74) is 2.34. The van der Waals surface area contributed by atoms with Crippen molar-refractivity contribution in [1.82, 2.24) is 4.57 Å². The Hall–Kier alpha value is -1.55. The minimum atomic E-state index is -0.170. The van der Waals surface area contributed by atoms with Gasteiger partial charge in [0.05, 0.1) is 0 Å². The zero-order valence-electron chi connectivity index (χ0n) is 10.6. The molecule has 0 saturated heterocycles. The molecule has 19 heavy (non-hydrogen) atoms. The minimum Gasteiger partial charge on any atom is -0.508 e. The van der Waals surface area contributed by atoms with Crippen molar-refractivity contribution in [3.63, 3.8) is 0 Å². The number of nitrogens with zero attached hydrogens (tertiary/aromatic N) is 1. The smallest absolute Gasteiger partial charge is 0.254 e. The lowest BCUT2D eigenvalue weighted by atomic mass is 10.1. The molecule has 2 rings (SSSR count). The summed E-state index contributed by atoms with van der Waals surface area (Å²) < 4.78 is 1.60. The second-order valence-electron chi connectivity index (χ2n) is 4.42. The highest BCUT2D eigenvalue weighted by Gasteiger charge is 1.99. The van der Waals surface area contributed by atoms with E-state index in [0.717, 1.165) is 18.2 Å².